The number of carboxylic acid groups (broad SMARTS) is 1. The van der Waals surface area contributed by atoms with Crippen LogP contribution in [0.25, 0.3) is 0 Å². The van der Waals surface area contributed by atoms with Crippen molar-refractivity contribution in [2.45, 2.75) is 160 Å². The second-order valence-corrected chi connectivity index (χ2v) is 13.6. The number of Topliss-reactive ketones (excluding diaryl/α,β-unsaturated/α-hetero) is 1. The monoisotopic (exact) mass is 624 g/mol. The van der Waals surface area contributed by atoms with E-state index in [1.165, 1.54) is 19.8 Å². The average molecular weight is 625 g/mol. The molecule has 12 atom stereocenters. The second kappa shape index (κ2) is 16.3. The third-order valence-corrected chi connectivity index (χ3v) is 9.80. The van der Waals surface area contributed by atoms with Crippen molar-refractivity contribution in [3.8, 4) is 0 Å². The number of hydrogen-bond donors (Lipinski definition) is 5. The van der Waals surface area contributed by atoms with Gasteiger partial charge in [0.1, 0.15) is 30.2 Å². The number of unbranched alkanes of at least 4 members (excludes halogenated alkanes) is 1. The molecule has 10 nitrogen and oxygen atoms in total. The Bertz CT molecular complexity index is 1010. The number of rotatable bonds is 18. The Morgan fingerprint density at radius 2 is 1.73 bits per heavy atom. The average Bonchev–Trinajstić information content (AvgIpc) is 3.65. The van der Waals surface area contributed by atoms with Gasteiger partial charge in [0, 0.05) is 12.3 Å². The van der Waals surface area contributed by atoms with Crippen molar-refractivity contribution in [2.75, 3.05) is 0 Å². The zero-order valence-electron chi connectivity index (χ0n) is 27.2. The molecule has 0 saturated carbocycles. The number of ketones is 1. The normalized spacial score (nSPS) is 34.2. The van der Waals surface area contributed by atoms with Crippen LogP contribution >= 0.6 is 0 Å². The zero-order chi connectivity index (χ0) is 32.8. The molecule has 0 radical (unpaired) electrons. The van der Waals surface area contributed by atoms with E-state index in [4.69, 9.17) is 19.3 Å². The lowest BCUT2D eigenvalue weighted by atomic mass is 9.88. The molecule has 0 amide bonds. The van der Waals surface area contributed by atoms with Crippen LogP contribution in [0.15, 0.2) is 23.8 Å². The molecule has 3 fully saturated rings. The minimum atomic E-state index is -2.11. The Morgan fingerprint density at radius 3 is 2.39 bits per heavy atom. The van der Waals surface area contributed by atoms with E-state index in [9.17, 15) is 30.0 Å². The number of aliphatic hydroxyl groups excluding tert-OH is 3. The van der Waals surface area contributed by atoms with Crippen LogP contribution in [-0.4, -0.2) is 91.9 Å². The van der Waals surface area contributed by atoms with Gasteiger partial charge in [-0.2, -0.15) is 0 Å². The zero-order valence-corrected chi connectivity index (χ0v) is 27.2. The standard InChI is InChI=1S/C34H56O10/c1-7-8-9-20(3)27-14-11-24(42-27)18-25-12-15-28(36)34(41,44-25)29(37)17-19(2)16-22(5)26(35)13-10-21(4)31-32(43-31)30(38)23(6)33(39)40/h16,20,22-25,27-32,36-38,41H,4,7-15,17-18H2,1-3,5-6H3,(H,39,40)/b19-16+. The Morgan fingerprint density at radius 1 is 1.05 bits per heavy atom. The van der Waals surface area contributed by atoms with E-state index in [0.29, 0.717) is 42.7 Å². The third kappa shape index (κ3) is 9.67. The molecule has 252 valence electrons. The van der Waals surface area contributed by atoms with Crippen LogP contribution in [0, 0.1) is 17.8 Å². The Balaban J connectivity index is 1.46. The molecular weight excluding hydrogens is 568 g/mol. The summed E-state index contributed by atoms with van der Waals surface area (Å²) in [6, 6.07) is 0. The summed E-state index contributed by atoms with van der Waals surface area (Å²) in [6.45, 7) is 13.3. The first kappa shape index (κ1) is 36.8. The molecule has 10 heteroatoms. The fourth-order valence-corrected chi connectivity index (χ4v) is 6.59. The van der Waals surface area contributed by atoms with E-state index >= 15 is 0 Å². The van der Waals surface area contributed by atoms with Crippen LogP contribution in [0.5, 0.6) is 0 Å². The van der Waals surface area contributed by atoms with Crippen molar-refractivity contribution < 1.29 is 49.3 Å². The summed E-state index contributed by atoms with van der Waals surface area (Å²) in [4.78, 5) is 23.9. The summed E-state index contributed by atoms with van der Waals surface area (Å²) >= 11 is 0. The quantitative estimate of drug-likeness (QED) is 0.111. The molecule has 0 spiro atoms. The minimum Gasteiger partial charge on any atom is -0.481 e. The SMILES string of the molecule is C=C(CCC(=O)C(C)/C=C(\C)CC(O)C1(O)OC(CC2CCC(C(C)CCCC)O2)CCC1O)C1OC1C(O)C(C)C(=O)O. The number of allylic oxidation sites excluding steroid dienone is 1. The number of carboxylic acids is 1. The molecule has 3 aliphatic rings. The van der Waals surface area contributed by atoms with E-state index in [1.54, 1.807) is 19.9 Å². The van der Waals surface area contributed by atoms with Crippen molar-refractivity contribution >= 4 is 11.8 Å². The lowest BCUT2D eigenvalue weighted by Crippen LogP contribution is -2.59. The Hall–Kier alpha value is -1.66. The van der Waals surface area contributed by atoms with Gasteiger partial charge in [-0.25, -0.2) is 0 Å². The maximum absolute atomic E-state index is 12.8. The molecule has 3 heterocycles. The molecule has 0 aliphatic carbocycles. The highest BCUT2D eigenvalue weighted by Crippen LogP contribution is 2.38. The fraction of sp³-hybridized carbons (Fsp3) is 0.824. The summed E-state index contributed by atoms with van der Waals surface area (Å²) < 4.78 is 17.7. The van der Waals surface area contributed by atoms with Gasteiger partial charge < -0.3 is 39.7 Å². The van der Waals surface area contributed by atoms with Crippen molar-refractivity contribution in [3.05, 3.63) is 23.8 Å². The molecular formula is C34H56O10. The van der Waals surface area contributed by atoms with Crippen LogP contribution in [-0.2, 0) is 23.8 Å². The van der Waals surface area contributed by atoms with E-state index < -0.39 is 54.1 Å². The highest BCUT2D eigenvalue weighted by atomic mass is 16.7. The van der Waals surface area contributed by atoms with Crippen molar-refractivity contribution in [2.24, 2.45) is 17.8 Å². The first-order chi connectivity index (χ1) is 20.7. The molecule has 3 aliphatic heterocycles. The molecule has 12 unspecified atom stereocenters. The molecule has 5 N–H and O–H groups in total. The van der Waals surface area contributed by atoms with E-state index in [0.717, 1.165) is 19.3 Å². The Kier molecular flexibility index (Phi) is 13.6. The number of carbonyl (C=O) groups excluding carboxylic acids is 1. The van der Waals surface area contributed by atoms with Crippen LogP contribution in [0.4, 0.5) is 0 Å². The van der Waals surface area contributed by atoms with Crippen LogP contribution in [0.2, 0.25) is 0 Å². The maximum Gasteiger partial charge on any atom is 0.308 e. The highest BCUT2D eigenvalue weighted by molar-refractivity contribution is 5.82. The number of epoxide rings is 1. The highest BCUT2D eigenvalue weighted by Gasteiger charge is 2.50. The number of aliphatic carboxylic acids is 1. The lowest BCUT2D eigenvalue weighted by molar-refractivity contribution is -0.337. The summed E-state index contributed by atoms with van der Waals surface area (Å²) in [6.07, 6.45) is 4.31. The smallest absolute Gasteiger partial charge is 0.308 e. The number of ether oxygens (including phenoxy) is 3. The van der Waals surface area contributed by atoms with Crippen molar-refractivity contribution in [3.63, 3.8) is 0 Å². The minimum absolute atomic E-state index is 0.0266. The van der Waals surface area contributed by atoms with Crippen LogP contribution < -0.4 is 0 Å². The summed E-state index contributed by atoms with van der Waals surface area (Å²) in [5, 5.41) is 52.2. The maximum atomic E-state index is 12.8. The molecule has 3 rings (SSSR count). The molecule has 0 aromatic carbocycles. The van der Waals surface area contributed by atoms with Crippen molar-refractivity contribution in [1.82, 2.24) is 0 Å². The largest absolute Gasteiger partial charge is 0.481 e. The van der Waals surface area contributed by atoms with Gasteiger partial charge >= 0.3 is 5.97 Å². The molecule has 3 saturated heterocycles. The topological polar surface area (TPSA) is 166 Å². The summed E-state index contributed by atoms with van der Waals surface area (Å²) in [7, 11) is 0. The lowest BCUT2D eigenvalue weighted by Gasteiger charge is -2.44. The summed E-state index contributed by atoms with van der Waals surface area (Å²) in [5.74, 6) is -4.20. The fourth-order valence-electron chi connectivity index (χ4n) is 6.59. The molecule has 44 heavy (non-hydrogen) atoms. The van der Waals surface area contributed by atoms with E-state index in [1.807, 2.05) is 0 Å². The predicted octanol–water partition coefficient (Wildman–Crippen LogP) is 4.07. The van der Waals surface area contributed by atoms with Gasteiger partial charge in [-0.15, -0.1) is 0 Å². The van der Waals surface area contributed by atoms with Gasteiger partial charge in [0.15, 0.2) is 0 Å². The van der Waals surface area contributed by atoms with Crippen molar-refractivity contribution in [1.29, 1.82) is 0 Å². The Labute approximate surface area is 262 Å². The summed E-state index contributed by atoms with van der Waals surface area (Å²) in [5.41, 5.74) is 1.32. The predicted molar refractivity (Wildman–Crippen MR) is 165 cm³/mol. The molecule has 0 aromatic rings. The van der Waals surface area contributed by atoms with E-state index in [-0.39, 0.29) is 36.9 Å². The third-order valence-electron chi connectivity index (χ3n) is 9.80. The van der Waals surface area contributed by atoms with Gasteiger partial charge in [0.25, 0.3) is 0 Å². The molecule has 0 aromatic heterocycles. The van der Waals surface area contributed by atoms with Gasteiger partial charge in [-0.1, -0.05) is 51.8 Å². The van der Waals surface area contributed by atoms with E-state index in [2.05, 4.69) is 20.4 Å². The number of carbonyl (C=O) groups is 2. The number of aliphatic hydroxyl groups is 4. The van der Waals surface area contributed by atoms with Gasteiger partial charge in [-0.05, 0) is 76.7 Å². The van der Waals surface area contributed by atoms with Gasteiger partial charge in [-0.3, -0.25) is 9.59 Å². The first-order valence-corrected chi connectivity index (χ1v) is 16.5. The van der Waals surface area contributed by atoms with Gasteiger partial charge in [0.05, 0.1) is 30.3 Å². The molecule has 0 bridgehead atoms. The first-order valence-electron chi connectivity index (χ1n) is 16.5. The van der Waals surface area contributed by atoms with Crippen LogP contribution in [0.1, 0.15) is 105 Å². The van der Waals surface area contributed by atoms with Crippen LogP contribution in [0.3, 0.4) is 0 Å². The second-order valence-electron chi connectivity index (χ2n) is 13.6. The number of hydrogen-bond acceptors (Lipinski definition) is 9. The van der Waals surface area contributed by atoms with Gasteiger partial charge in [0.2, 0.25) is 5.79 Å².